The van der Waals surface area contributed by atoms with E-state index in [1.807, 2.05) is 0 Å². The number of imidazole rings is 1. The molecule has 0 fully saturated rings. The van der Waals surface area contributed by atoms with Crippen LogP contribution in [-0.4, -0.2) is 21.0 Å². The third-order valence-electron chi connectivity index (χ3n) is 5.51. The van der Waals surface area contributed by atoms with Crippen LogP contribution in [0.1, 0.15) is 27.3 Å². The Labute approximate surface area is 194 Å². The highest BCUT2D eigenvalue weighted by atomic mass is 19.1. The molecule has 1 aromatic heterocycles. The second kappa shape index (κ2) is 9.32. The quantitative estimate of drug-likeness (QED) is 0.294. The van der Waals surface area contributed by atoms with Crippen molar-refractivity contribution in [1.82, 2.24) is 15.3 Å². The van der Waals surface area contributed by atoms with Crippen LogP contribution in [0, 0.1) is 18.6 Å². The number of nitrogens with zero attached hydrogens (tertiary/aromatic N) is 1. The van der Waals surface area contributed by atoms with E-state index < -0.39 is 5.82 Å². The number of carbonyl (C=O) groups excluding carboxylic acids is 1. The Morgan fingerprint density at radius 1 is 0.971 bits per heavy atom. The number of aliphatic hydroxyl groups is 1. The maximum Gasteiger partial charge on any atom is 0.252 e. The van der Waals surface area contributed by atoms with E-state index in [2.05, 4.69) is 15.3 Å². The minimum absolute atomic E-state index is 0.189. The van der Waals surface area contributed by atoms with E-state index in [9.17, 15) is 18.7 Å². The topological polar surface area (TPSA) is 130 Å². The van der Waals surface area contributed by atoms with Crippen LogP contribution in [0.15, 0.2) is 54.6 Å². The molecule has 1 aliphatic rings. The first-order chi connectivity index (χ1) is 16.3. The van der Waals surface area contributed by atoms with Gasteiger partial charge in [-0.05, 0) is 66.6 Å². The summed E-state index contributed by atoms with van der Waals surface area (Å²) < 4.78 is 26.4. The number of rotatable bonds is 3. The first-order valence-corrected chi connectivity index (χ1v) is 10.5. The van der Waals surface area contributed by atoms with E-state index in [0.29, 0.717) is 51.7 Å². The predicted molar refractivity (Wildman–Crippen MR) is 126 cm³/mol. The van der Waals surface area contributed by atoms with Crippen molar-refractivity contribution in [1.29, 1.82) is 0 Å². The predicted octanol–water partition coefficient (Wildman–Crippen LogP) is 3.92. The zero-order valence-electron chi connectivity index (χ0n) is 18.3. The number of nitrogen functional groups attached to an aromatic ring is 2. The van der Waals surface area contributed by atoms with Crippen molar-refractivity contribution in [3.05, 3.63) is 88.7 Å². The molecule has 0 saturated heterocycles. The number of hydrogen-bond donors (Lipinski definition) is 5. The number of carbonyl (C=O) groups is 1. The van der Waals surface area contributed by atoms with E-state index in [1.165, 1.54) is 30.3 Å². The fraction of sp³-hybridized carbons (Fsp3) is 0.120. The lowest BCUT2D eigenvalue weighted by atomic mass is 9.92. The minimum atomic E-state index is -0.435. The van der Waals surface area contributed by atoms with Gasteiger partial charge in [0.05, 0.1) is 17.9 Å². The maximum absolute atomic E-state index is 14.4. The first-order valence-electron chi connectivity index (χ1n) is 10.5. The molecule has 0 radical (unpaired) electrons. The van der Waals surface area contributed by atoms with Gasteiger partial charge in [0, 0.05) is 34.7 Å². The SMILES string of the molecule is Cc1[nH]c(-c2ccc(-c3ccc(N)cc3F)c3c2C(=O)NC3)nc1CO.Nc1ccc(F)cc1. The highest BCUT2D eigenvalue weighted by Gasteiger charge is 2.28. The monoisotopic (exact) mass is 463 g/mol. The van der Waals surface area contributed by atoms with Crippen LogP contribution >= 0.6 is 0 Å². The number of aromatic nitrogens is 2. The number of benzene rings is 3. The molecule has 1 amide bonds. The molecule has 7 N–H and O–H groups in total. The third-order valence-corrected chi connectivity index (χ3v) is 5.51. The number of amides is 1. The first kappa shape index (κ1) is 22.9. The number of aliphatic hydroxyl groups excluding tert-OH is 1. The van der Waals surface area contributed by atoms with Gasteiger partial charge in [0.25, 0.3) is 5.91 Å². The molecule has 0 spiro atoms. The molecular formula is C25H23F2N5O2. The lowest BCUT2D eigenvalue weighted by Crippen LogP contribution is -2.13. The second-order valence-corrected chi connectivity index (χ2v) is 7.80. The van der Waals surface area contributed by atoms with E-state index in [0.717, 1.165) is 11.3 Å². The van der Waals surface area contributed by atoms with Crippen LogP contribution in [-0.2, 0) is 13.2 Å². The second-order valence-electron chi connectivity index (χ2n) is 7.80. The van der Waals surface area contributed by atoms with Crippen LogP contribution < -0.4 is 16.8 Å². The van der Waals surface area contributed by atoms with Gasteiger partial charge in [-0.15, -0.1) is 0 Å². The summed E-state index contributed by atoms with van der Waals surface area (Å²) in [5.74, 6) is -0.411. The maximum atomic E-state index is 14.4. The highest BCUT2D eigenvalue weighted by molar-refractivity contribution is 6.06. The Bertz CT molecular complexity index is 1350. The van der Waals surface area contributed by atoms with Gasteiger partial charge in [0.1, 0.15) is 17.5 Å². The average Bonchev–Trinajstić information content (AvgIpc) is 3.39. The van der Waals surface area contributed by atoms with E-state index >= 15 is 0 Å². The number of halogens is 2. The standard InChI is InChI=1S/C19H17FN4O2.C6H6FN/c1-9-16(8-25)24-18(23-9)13-5-4-11(14-7-22-19(26)17(13)14)12-3-2-10(21)6-15(12)20;7-5-1-3-6(8)4-2-5/h2-6,25H,7-8,21H2,1H3,(H,22,26)(H,23,24);1-4H,8H2. The normalized spacial score (nSPS) is 12.1. The zero-order chi connectivity index (χ0) is 24.4. The fourth-order valence-corrected chi connectivity index (χ4v) is 3.79. The molecule has 2 heterocycles. The molecule has 0 aliphatic carbocycles. The Hall–Kier alpha value is -4.24. The van der Waals surface area contributed by atoms with Gasteiger partial charge < -0.3 is 26.9 Å². The zero-order valence-corrected chi connectivity index (χ0v) is 18.3. The molecular weight excluding hydrogens is 440 g/mol. The minimum Gasteiger partial charge on any atom is -0.399 e. The highest BCUT2D eigenvalue weighted by Crippen LogP contribution is 2.36. The molecule has 34 heavy (non-hydrogen) atoms. The van der Waals surface area contributed by atoms with Gasteiger partial charge >= 0.3 is 0 Å². The third kappa shape index (κ3) is 4.46. The molecule has 0 atom stereocenters. The van der Waals surface area contributed by atoms with Gasteiger partial charge in [0.2, 0.25) is 0 Å². The molecule has 0 unspecified atom stereocenters. The number of fused-ring (bicyclic) bond motifs is 1. The number of aromatic amines is 1. The van der Waals surface area contributed by atoms with Crippen molar-refractivity contribution in [2.45, 2.75) is 20.1 Å². The van der Waals surface area contributed by atoms with Crippen LogP contribution in [0.2, 0.25) is 0 Å². The lowest BCUT2D eigenvalue weighted by Gasteiger charge is -2.11. The van der Waals surface area contributed by atoms with Crippen molar-refractivity contribution < 1.29 is 18.7 Å². The number of H-pyrrole nitrogens is 1. The van der Waals surface area contributed by atoms with Crippen LogP contribution in [0.4, 0.5) is 20.2 Å². The molecule has 0 bridgehead atoms. The van der Waals surface area contributed by atoms with Gasteiger partial charge in [-0.2, -0.15) is 0 Å². The molecule has 0 saturated carbocycles. The van der Waals surface area contributed by atoms with Crippen LogP contribution in [0.25, 0.3) is 22.5 Å². The Morgan fingerprint density at radius 2 is 1.62 bits per heavy atom. The number of hydrogen-bond acceptors (Lipinski definition) is 5. The van der Waals surface area contributed by atoms with Crippen molar-refractivity contribution in [2.24, 2.45) is 0 Å². The number of nitrogens with two attached hydrogens (primary N) is 2. The van der Waals surface area contributed by atoms with Crippen LogP contribution in [0.5, 0.6) is 0 Å². The van der Waals surface area contributed by atoms with E-state index in [-0.39, 0.29) is 18.3 Å². The van der Waals surface area contributed by atoms with Crippen molar-refractivity contribution in [3.8, 4) is 22.5 Å². The summed E-state index contributed by atoms with van der Waals surface area (Å²) in [6.45, 7) is 1.93. The molecule has 9 heteroatoms. The molecule has 5 rings (SSSR count). The molecule has 4 aromatic rings. The van der Waals surface area contributed by atoms with E-state index in [4.69, 9.17) is 11.5 Å². The van der Waals surface area contributed by atoms with E-state index in [1.54, 1.807) is 31.2 Å². The number of anilines is 2. The molecule has 1 aliphatic heterocycles. The summed E-state index contributed by atoms with van der Waals surface area (Å²) in [4.78, 5) is 19.9. The summed E-state index contributed by atoms with van der Waals surface area (Å²) in [6, 6.07) is 13.7. The van der Waals surface area contributed by atoms with Gasteiger partial charge in [0.15, 0.2) is 0 Å². The van der Waals surface area contributed by atoms with Gasteiger partial charge in [-0.25, -0.2) is 13.8 Å². The Balaban J connectivity index is 0.000000291. The largest absolute Gasteiger partial charge is 0.399 e. The summed E-state index contributed by atoms with van der Waals surface area (Å²) in [6.07, 6.45) is 0. The van der Waals surface area contributed by atoms with Gasteiger partial charge in [-0.3, -0.25) is 4.79 Å². The van der Waals surface area contributed by atoms with Gasteiger partial charge in [-0.1, -0.05) is 6.07 Å². The fourth-order valence-electron chi connectivity index (χ4n) is 3.79. The summed E-state index contributed by atoms with van der Waals surface area (Å²) >= 11 is 0. The summed E-state index contributed by atoms with van der Waals surface area (Å²) in [5.41, 5.74) is 15.9. The molecule has 7 nitrogen and oxygen atoms in total. The molecule has 3 aromatic carbocycles. The van der Waals surface area contributed by atoms with Crippen molar-refractivity contribution in [3.63, 3.8) is 0 Å². The summed E-state index contributed by atoms with van der Waals surface area (Å²) in [5, 5.41) is 12.2. The lowest BCUT2D eigenvalue weighted by molar-refractivity contribution is 0.0966. The Morgan fingerprint density at radius 3 is 2.24 bits per heavy atom. The van der Waals surface area contributed by atoms with Crippen molar-refractivity contribution in [2.75, 3.05) is 11.5 Å². The Kier molecular flexibility index (Phi) is 6.29. The number of aryl methyl sites for hydroxylation is 1. The average molecular weight is 463 g/mol. The van der Waals surface area contributed by atoms with Crippen molar-refractivity contribution >= 4 is 17.3 Å². The number of nitrogens with one attached hydrogen (secondary N) is 2. The summed E-state index contributed by atoms with van der Waals surface area (Å²) in [7, 11) is 0. The van der Waals surface area contributed by atoms with Crippen LogP contribution in [0.3, 0.4) is 0 Å². The molecule has 174 valence electrons. The smallest absolute Gasteiger partial charge is 0.252 e.